The quantitative estimate of drug-likeness (QED) is 0.226. The van der Waals surface area contributed by atoms with Gasteiger partial charge in [0.2, 0.25) is 0 Å². The van der Waals surface area contributed by atoms with Crippen molar-refractivity contribution in [2.45, 2.75) is 0 Å². The topological polar surface area (TPSA) is 0 Å². The second-order valence-corrected chi connectivity index (χ2v) is 6.18. The number of benzene rings is 2. The first kappa shape index (κ1) is 21.8. The van der Waals surface area contributed by atoms with Crippen LogP contribution in [0.15, 0.2) is 72.8 Å². The number of rotatable bonds is 0. The van der Waals surface area contributed by atoms with Gasteiger partial charge in [-0.25, -0.2) is 0 Å². The molecular weight excluding hydrogens is 426 g/mol. The van der Waals surface area contributed by atoms with Crippen LogP contribution >= 0.6 is 7.81 Å². The Morgan fingerprint density at radius 2 is 0.783 bits per heavy atom. The third-order valence-electron chi connectivity index (χ3n) is 2.21. The van der Waals surface area contributed by atoms with Crippen molar-refractivity contribution in [3.63, 3.8) is 0 Å². The van der Waals surface area contributed by atoms with Crippen LogP contribution in [0.3, 0.4) is 0 Å². The fourth-order valence-corrected chi connectivity index (χ4v) is 1.45. The van der Waals surface area contributed by atoms with Gasteiger partial charge in [-0.05, 0) is 10.8 Å². The summed E-state index contributed by atoms with van der Waals surface area (Å²) in [6, 6.07) is 16.7. The molecule has 23 heavy (non-hydrogen) atoms. The van der Waals surface area contributed by atoms with Gasteiger partial charge < -0.3 is 0 Å². The van der Waals surface area contributed by atoms with E-state index < -0.39 is 7.81 Å². The molecule has 0 saturated heterocycles. The molecule has 0 aliphatic heterocycles. The van der Waals surface area contributed by atoms with Crippen molar-refractivity contribution in [1.82, 2.24) is 0 Å². The van der Waals surface area contributed by atoms with Crippen LogP contribution in [0.1, 0.15) is 0 Å². The average molecular weight is 439 g/mol. The maximum Gasteiger partial charge on any atom is 1.00 e. The van der Waals surface area contributed by atoms with Crippen LogP contribution < -0.4 is 0 Å². The van der Waals surface area contributed by atoms with Crippen LogP contribution in [0.2, 0.25) is 0 Å². The van der Waals surface area contributed by atoms with Crippen molar-refractivity contribution in [1.29, 1.82) is 0 Å². The van der Waals surface area contributed by atoms with E-state index in [-0.39, 0.29) is 19.5 Å². The van der Waals surface area contributed by atoms with E-state index in [1.54, 1.807) is 0 Å². The van der Waals surface area contributed by atoms with E-state index in [0.29, 0.717) is 0 Å². The standard InChI is InChI=1S/C10H8.C5H5.F6P.Ru/c1-2-6-10-8-4-3-7-9(10)5-1;1-2-4-5-3-1;1-7(2,3,4,5)6;/h1-8H;1-5H;;/q;;-1;+1. The third-order valence-corrected chi connectivity index (χ3v) is 2.21. The molecule has 1 aliphatic carbocycles. The van der Waals surface area contributed by atoms with Gasteiger partial charge in [-0.1, -0.05) is 72.8 Å². The van der Waals surface area contributed by atoms with E-state index >= 15 is 0 Å². The second-order valence-electron chi connectivity index (χ2n) is 4.27. The summed E-state index contributed by atoms with van der Waals surface area (Å²) in [5, 5.41) is 2.62. The number of hydrogen-bond acceptors (Lipinski definition) is 0. The fraction of sp³-hybridized carbons (Fsp3) is 0. The van der Waals surface area contributed by atoms with Crippen molar-refractivity contribution < 1.29 is 44.7 Å². The molecule has 3 rings (SSSR count). The van der Waals surface area contributed by atoms with E-state index in [2.05, 4.69) is 48.5 Å². The van der Waals surface area contributed by atoms with Gasteiger partial charge >= 0.3 is 52.5 Å². The minimum absolute atomic E-state index is 0. The van der Waals surface area contributed by atoms with Gasteiger partial charge in [0.1, 0.15) is 0 Å². The minimum Gasteiger partial charge on any atom is -0.0767 e. The molecular formula is C15H13F6PRu. The molecule has 0 atom stereocenters. The molecule has 1 aliphatic rings. The smallest absolute Gasteiger partial charge is 0.0767 e. The molecule has 0 spiro atoms. The molecule has 2 aromatic rings. The summed E-state index contributed by atoms with van der Waals surface area (Å²) in [5.74, 6) is 0. The predicted octanol–water partition coefficient (Wildman–Crippen LogP) is 7.54. The van der Waals surface area contributed by atoms with Gasteiger partial charge in [0.25, 0.3) is 0 Å². The molecule has 0 fully saturated rings. The summed E-state index contributed by atoms with van der Waals surface area (Å²) >= 11 is 0. The molecule has 0 saturated carbocycles. The molecule has 2 aromatic carbocycles. The van der Waals surface area contributed by atoms with Gasteiger partial charge in [0.05, 0.1) is 0 Å². The maximum absolute atomic E-state index is 10.7. The van der Waals surface area contributed by atoms with E-state index in [0.717, 1.165) is 0 Å². The number of fused-ring (bicyclic) bond motifs is 1. The van der Waals surface area contributed by atoms with E-state index in [4.69, 9.17) is 0 Å². The van der Waals surface area contributed by atoms with E-state index in [1.165, 1.54) is 10.8 Å². The molecule has 0 amide bonds. The zero-order chi connectivity index (χ0) is 16.8. The van der Waals surface area contributed by atoms with Crippen LogP contribution in [0, 0.1) is 6.42 Å². The van der Waals surface area contributed by atoms with E-state index in [1.807, 2.05) is 30.7 Å². The predicted molar refractivity (Wildman–Crippen MR) is 80.1 cm³/mol. The fourth-order valence-electron chi connectivity index (χ4n) is 1.45. The third kappa shape index (κ3) is 15.5. The number of allylic oxidation sites excluding steroid dienone is 4. The van der Waals surface area contributed by atoms with Gasteiger partial charge in [0, 0.05) is 6.42 Å². The Morgan fingerprint density at radius 3 is 0.957 bits per heavy atom. The van der Waals surface area contributed by atoms with Crippen molar-refractivity contribution in [2.24, 2.45) is 0 Å². The second kappa shape index (κ2) is 7.59. The molecule has 2 radical (unpaired) electrons. The molecule has 0 heterocycles. The zero-order valence-electron chi connectivity index (χ0n) is 11.6. The van der Waals surface area contributed by atoms with Crippen molar-refractivity contribution in [3.05, 3.63) is 79.3 Å². The molecule has 128 valence electrons. The Balaban J connectivity index is 0.000000330. The van der Waals surface area contributed by atoms with Crippen molar-refractivity contribution >= 4 is 18.6 Å². The number of hydrogen-bond donors (Lipinski definition) is 0. The first-order chi connectivity index (χ1) is 9.92. The Kier molecular flexibility index (Phi) is 7.20. The van der Waals surface area contributed by atoms with Gasteiger partial charge in [-0.2, -0.15) is 0 Å². The summed E-state index contributed by atoms with van der Waals surface area (Å²) in [6.07, 6.45) is 10.0. The van der Waals surface area contributed by atoms with Gasteiger partial charge in [-0.15, -0.1) is 0 Å². The van der Waals surface area contributed by atoms with Gasteiger partial charge in [0.15, 0.2) is 0 Å². The Hall–Kier alpha value is -1.19. The van der Waals surface area contributed by atoms with Crippen molar-refractivity contribution in [3.8, 4) is 0 Å². The largest absolute Gasteiger partial charge is 1.00 e. The monoisotopic (exact) mass is 440 g/mol. The summed E-state index contributed by atoms with van der Waals surface area (Å²) in [5.41, 5.74) is 0. The van der Waals surface area contributed by atoms with Crippen LogP contribution in [-0.2, 0) is 19.5 Å². The molecule has 0 aromatic heterocycles. The van der Waals surface area contributed by atoms with Crippen LogP contribution in [0.4, 0.5) is 25.2 Å². The van der Waals surface area contributed by atoms with Crippen LogP contribution in [0.5, 0.6) is 0 Å². The minimum atomic E-state index is -10.7. The van der Waals surface area contributed by atoms with Crippen LogP contribution in [0.25, 0.3) is 10.8 Å². The first-order valence-electron chi connectivity index (χ1n) is 6.09. The molecule has 0 N–H and O–H groups in total. The van der Waals surface area contributed by atoms with E-state index in [9.17, 15) is 25.2 Å². The van der Waals surface area contributed by atoms with Crippen LogP contribution in [-0.4, -0.2) is 0 Å². The normalized spacial score (nSPS) is 15.2. The maximum atomic E-state index is 9.87. The average Bonchev–Trinajstić information content (AvgIpc) is 2.94. The molecule has 0 bridgehead atoms. The zero-order valence-corrected chi connectivity index (χ0v) is 14.2. The summed E-state index contributed by atoms with van der Waals surface area (Å²) in [6.45, 7) is 0. The Morgan fingerprint density at radius 1 is 0.522 bits per heavy atom. The summed E-state index contributed by atoms with van der Waals surface area (Å²) in [4.78, 5) is 0. The molecule has 8 heteroatoms. The summed E-state index contributed by atoms with van der Waals surface area (Å²) < 4.78 is 59.2. The molecule has 0 unspecified atom stereocenters. The first-order valence-corrected chi connectivity index (χ1v) is 8.11. The van der Waals surface area contributed by atoms with Gasteiger partial charge in [-0.3, -0.25) is 0 Å². The van der Waals surface area contributed by atoms with Crippen molar-refractivity contribution in [2.75, 3.05) is 0 Å². The molecule has 0 nitrogen and oxygen atoms in total. The number of halogens is 6. The SMILES string of the molecule is F[P-](F)(F)(F)(F)F.[CH]1C=CC=C1.[Ru+].c1ccc2ccccc2c1. The Bertz CT molecular complexity index is 590. The summed E-state index contributed by atoms with van der Waals surface area (Å²) in [7, 11) is -10.7. The Labute approximate surface area is 142 Å².